The molecule has 1 amide bonds. The van der Waals surface area contributed by atoms with Crippen molar-refractivity contribution in [2.45, 2.75) is 19.0 Å². The van der Waals surface area contributed by atoms with Crippen LogP contribution >= 0.6 is 0 Å². The van der Waals surface area contributed by atoms with Crippen LogP contribution in [0.5, 0.6) is 0 Å². The van der Waals surface area contributed by atoms with Crippen molar-refractivity contribution in [2.24, 2.45) is 14.1 Å². The molecule has 3 rings (SSSR count). The Balaban J connectivity index is 1.86. The Morgan fingerprint density at radius 3 is 2.50 bits per heavy atom. The molecule has 0 spiro atoms. The van der Waals surface area contributed by atoms with E-state index in [1.54, 1.807) is 37.4 Å². The number of benzene rings is 1. The van der Waals surface area contributed by atoms with E-state index in [1.807, 2.05) is 0 Å². The number of fused-ring (bicyclic) bond motifs is 1. The van der Waals surface area contributed by atoms with Gasteiger partial charge in [0.1, 0.15) is 12.6 Å². The Bertz CT molecular complexity index is 1160. The van der Waals surface area contributed by atoms with Crippen molar-refractivity contribution >= 4 is 23.0 Å². The first kappa shape index (κ1) is 19.1. The van der Waals surface area contributed by atoms with Crippen molar-refractivity contribution in [3.8, 4) is 0 Å². The van der Waals surface area contributed by atoms with Gasteiger partial charge in [0.25, 0.3) is 5.56 Å². The molecule has 0 aliphatic rings. The van der Waals surface area contributed by atoms with Gasteiger partial charge in [0.15, 0.2) is 11.2 Å². The number of aromatic nitrogens is 4. The summed E-state index contributed by atoms with van der Waals surface area (Å²) in [6.07, 6.45) is 1.48. The van der Waals surface area contributed by atoms with Gasteiger partial charge in [-0.15, -0.1) is 0 Å². The van der Waals surface area contributed by atoms with Gasteiger partial charge in [-0.05, 0) is 5.56 Å². The van der Waals surface area contributed by atoms with Crippen molar-refractivity contribution in [1.29, 1.82) is 0 Å². The van der Waals surface area contributed by atoms with Crippen LogP contribution in [0.4, 0.5) is 0 Å². The van der Waals surface area contributed by atoms with E-state index >= 15 is 0 Å². The predicted octanol–water partition coefficient (Wildman–Crippen LogP) is -0.754. The van der Waals surface area contributed by atoms with Gasteiger partial charge in [-0.25, -0.2) is 19.1 Å². The molecule has 0 radical (unpaired) electrons. The van der Waals surface area contributed by atoms with E-state index in [9.17, 15) is 24.3 Å². The zero-order valence-electron chi connectivity index (χ0n) is 15.3. The SMILES string of the molecule is Cn1cnc2c1c(=O)n(CC(=O)N[C@@H](Cc1ccccc1)C(=O)O)c(=O)n2C. The minimum atomic E-state index is -1.21. The highest BCUT2D eigenvalue weighted by molar-refractivity contribution is 5.83. The topological polar surface area (TPSA) is 128 Å². The number of hydrogen-bond acceptors (Lipinski definition) is 5. The van der Waals surface area contributed by atoms with Gasteiger partial charge in [0, 0.05) is 20.5 Å². The van der Waals surface area contributed by atoms with E-state index in [2.05, 4.69) is 10.3 Å². The van der Waals surface area contributed by atoms with Crippen molar-refractivity contribution in [3.63, 3.8) is 0 Å². The Morgan fingerprint density at radius 1 is 1.18 bits per heavy atom. The standard InChI is InChI=1S/C18H19N5O5/c1-21-10-19-15-14(21)16(25)23(18(28)22(15)2)9-13(24)20-12(17(26)27)8-11-6-4-3-5-7-11/h3-7,10,12H,8-9H2,1-2H3,(H,20,24)(H,26,27)/t12-/m0/s1. The van der Waals surface area contributed by atoms with Crippen molar-refractivity contribution in [1.82, 2.24) is 24.0 Å². The molecule has 0 aliphatic carbocycles. The van der Waals surface area contributed by atoms with E-state index in [0.717, 1.165) is 10.1 Å². The average molecular weight is 385 g/mol. The molecule has 146 valence electrons. The maximum Gasteiger partial charge on any atom is 0.332 e. The van der Waals surface area contributed by atoms with Crippen molar-refractivity contribution in [3.05, 3.63) is 63.1 Å². The van der Waals surface area contributed by atoms with Crippen LogP contribution in [0.25, 0.3) is 11.2 Å². The monoisotopic (exact) mass is 385 g/mol. The fourth-order valence-corrected chi connectivity index (χ4v) is 2.97. The quantitative estimate of drug-likeness (QED) is 0.574. The van der Waals surface area contributed by atoms with Gasteiger partial charge in [-0.2, -0.15) is 0 Å². The van der Waals surface area contributed by atoms with Gasteiger partial charge >= 0.3 is 11.7 Å². The summed E-state index contributed by atoms with van der Waals surface area (Å²) in [5.74, 6) is -1.96. The van der Waals surface area contributed by atoms with Crippen LogP contribution in [0.1, 0.15) is 5.56 Å². The van der Waals surface area contributed by atoms with Crippen molar-refractivity contribution in [2.75, 3.05) is 0 Å². The largest absolute Gasteiger partial charge is 0.480 e. The fraction of sp³-hybridized carbons (Fsp3) is 0.278. The highest BCUT2D eigenvalue weighted by atomic mass is 16.4. The van der Waals surface area contributed by atoms with Crippen LogP contribution in [0.2, 0.25) is 0 Å². The molecule has 2 N–H and O–H groups in total. The minimum absolute atomic E-state index is 0.0790. The first-order chi connectivity index (χ1) is 13.3. The number of amides is 1. The lowest BCUT2D eigenvalue weighted by Gasteiger charge is -2.15. The summed E-state index contributed by atoms with van der Waals surface area (Å²) in [6.45, 7) is -0.592. The second-order valence-corrected chi connectivity index (χ2v) is 6.41. The molecule has 0 bridgehead atoms. The minimum Gasteiger partial charge on any atom is -0.480 e. The van der Waals surface area contributed by atoms with E-state index in [1.165, 1.54) is 22.5 Å². The molecular formula is C18H19N5O5. The number of carboxylic acids is 1. The smallest absolute Gasteiger partial charge is 0.332 e. The van der Waals surface area contributed by atoms with Gasteiger partial charge < -0.3 is 15.0 Å². The molecule has 2 heterocycles. The predicted molar refractivity (Wildman–Crippen MR) is 99.9 cm³/mol. The Kier molecular flexibility index (Phi) is 5.12. The Morgan fingerprint density at radius 2 is 1.86 bits per heavy atom. The van der Waals surface area contributed by atoms with Crippen molar-refractivity contribution < 1.29 is 14.7 Å². The second kappa shape index (κ2) is 7.51. The van der Waals surface area contributed by atoms with E-state index < -0.39 is 35.7 Å². The Hall–Kier alpha value is -3.69. The van der Waals surface area contributed by atoms with Gasteiger partial charge in [0.05, 0.1) is 6.33 Å². The number of nitrogens with one attached hydrogen (secondary N) is 1. The van der Waals surface area contributed by atoms with E-state index in [-0.39, 0.29) is 17.6 Å². The summed E-state index contributed by atoms with van der Waals surface area (Å²) in [4.78, 5) is 53.0. The third-order valence-corrected chi connectivity index (χ3v) is 4.42. The number of rotatable bonds is 6. The van der Waals surface area contributed by atoms with Gasteiger partial charge in [0.2, 0.25) is 5.91 Å². The lowest BCUT2D eigenvalue weighted by atomic mass is 10.1. The third-order valence-electron chi connectivity index (χ3n) is 4.42. The van der Waals surface area contributed by atoms with Gasteiger partial charge in [-0.3, -0.25) is 14.2 Å². The fourth-order valence-electron chi connectivity index (χ4n) is 2.97. The normalized spacial score (nSPS) is 12.1. The molecular weight excluding hydrogens is 366 g/mol. The van der Waals surface area contributed by atoms with Crippen LogP contribution < -0.4 is 16.6 Å². The molecule has 0 saturated heterocycles. The molecule has 0 saturated carbocycles. The number of carbonyl (C=O) groups excluding carboxylic acids is 1. The zero-order chi connectivity index (χ0) is 20.4. The summed E-state index contributed by atoms with van der Waals surface area (Å²) in [6, 6.07) is 7.64. The summed E-state index contributed by atoms with van der Waals surface area (Å²) in [5.41, 5.74) is -0.250. The highest BCUT2D eigenvalue weighted by Gasteiger charge is 2.22. The average Bonchev–Trinajstić information content (AvgIpc) is 3.05. The van der Waals surface area contributed by atoms with Gasteiger partial charge in [-0.1, -0.05) is 30.3 Å². The molecule has 28 heavy (non-hydrogen) atoms. The summed E-state index contributed by atoms with van der Waals surface area (Å²) < 4.78 is 3.39. The first-order valence-electron chi connectivity index (χ1n) is 8.46. The lowest BCUT2D eigenvalue weighted by Crippen LogP contribution is -2.48. The number of carboxylic acid groups (broad SMARTS) is 1. The summed E-state index contributed by atoms with van der Waals surface area (Å²) >= 11 is 0. The highest BCUT2D eigenvalue weighted by Crippen LogP contribution is 2.05. The molecule has 1 aromatic carbocycles. The molecule has 2 aromatic heterocycles. The molecule has 1 atom stereocenters. The van der Waals surface area contributed by atoms with Crippen LogP contribution in [0.3, 0.4) is 0 Å². The molecule has 0 aliphatic heterocycles. The number of carbonyl (C=O) groups is 2. The molecule has 10 nitrogen and oxygen atoms in total. The Labute approximate surface area is 158 Å². The number of nitrogens with zero attached hydrogens (tertiary/aromatic N) is 4. The number of hydrogen-bond donors (Lipinski definition) is 2. The summed E-state index contributed by atoms with van der Waals surface area (Å²) in [7, 11) is 3.05. The number of aliphatic carboxylic acids is 1. The van der Waals surface area contributed by atoms with Crippen LogP contribution in [0.15, 0.2) is 46.2 Å². The number of imidazole rings is 1. The van der Waals surface area contributed by atoms with Crippen LogP contribution in [-0.2, 0) is 36.6 Å². The van der Waals surface area contributed by atoms with E-state index in [4.69, 9.17) is 0 Å². The third kappa shape index (κ3) is 3.56. The maximum atomic E-state index is 12.6. The molecule has 10 heteroatoms. The van der Waals surface area contributed by atoms with Crippen LogP contribution in [-0.4, -0.2) is 41.7 Å². The zero-order valence-corrected chi connectivity index (χ0v) is 15.3. The summed E-state index contributed by atoms with van der Waals surface area (Å²) in [5, 5.41) is 11.8. The van der Waals surface area contributed by atoms with Crippen LogP contribution in [0, 0.1) is 0 Å². The first-order valence-corrected chi connectivity index (χ1v) is 8.46. The molecule has 3 aromatic rings. The maximum absolute atomic E-state index is 12.6. The lowest BCUT2D eigenvalue weighted by molar-refractivity contribution is -0.141. The molecule has 0 unspecified atom stereocenters. The van der Waals surface area contributed by atoms with E-state index in [0.29, 0.717) is 0 Å². The molecule has 0 fully saturated rings. The number of aryl methyl sites for hydroxylation is 2. The second-order valence-electron chi connectivity index (χ2n) is 6.41.